The lowest BCUT2D eigenvalue weighted by Crippen LogP contribution is -2.47. The van der Waals surface area contributed by atoms with E-state index in [1.165, 1.54) is 11.3 Å². The SMILES string of the molecule is Cn1nncc1CN1CCCC(C)(CNC(=O)c2nc(Cl)cs2)C1. The van der Waals surface area contributed by atoms with Gasteiger partial charge in [0.05, 0.1) is 11.9 Å². The maximum atomic E-state index is 12.2. The second-order valence-corrected chi connectivity index (χ2v) is 7.88. The molecule has 1 N–H and O–H groups in total. The van der Waals surface area contributed by atoms with Gasteiger partial charge in [-0.2, -0.15) is 0 Å². The molecule has 0 aromatic carbocycles. The lowest BCUT2D eigenvalue weighted by Gasteiger charge is -2.40. The molecule has 0 aliphatic carbocycles. The van der Waals surface area contributed by atoms with Crippen molar-refractivity contribution in [3.05, 3.63) is 27.4 Å². The van der Waals surface area contributed by atoms with Crippen molar-refractivity contribution in [3.63, 3.8) is 0 Å². The number of aryl methyl sites for hydroxylation is 1. The molecule has 1 aliphatic heterocycles. The number of hydrogen-bond donors (Lipinski definition) is 1. The van der Waals surface area contributed by atoms with Crippen molar-refractivity contribution in [1.82, 2.24) is 30.2 Å². The Morgan fingerprint density at radius 3 is 3.04 bits per heavy atom. The second-order valence-electron chi connectivity index (χ2n) is 6.63. The van der Waals surface area contributed by atoms with Gasteiger partial charge in [-0.25, -0.2) is 4.98 Å². The van der Waals surface area contributed by atoms with Crippen LogP contribution in [0.2, 0.25) is 5.15 Å². The maximum absolute atomic E-state index is 12.2. The molecular formula is C15H21ClN6OS. The first kappa shape index (κ1) is 17.3. The predicted octanol–water partition coefficient (Wildman–Crippen LogP) is 1.96. The van der Waals surface area contributed by atoms with Gasteiger partial charge in [-0.15, -0.1) is 16.4 Å². The third-order valence-corrected chi connectivity index (χ3v) is 5.56. The van der Waals surface area contributed by atoms with Gasteiger partial charge < -0.3 is 5.32 Å². The van der Waals surface area contributed by atoms with Gasteiger partial charge in [0, 0.05) is 32.1 Å². The molecule has 1 amide bonds. The number of likely N-dealkylation sites (tertiary alicyclic amines) is 1. The number of piperidine rings is 1. The van der Waals surface area contributed by atoms with Crippen LogP contribution in [0.3, 0.4) is 0 Å². The van der Waals surface area contributed by atoms with Crippen LogP contribution in [0.15, 0.2) is 11.6 Å². The topological polar surface area (TPSA) is 75.9 Å². The number of carbonyl (C=O) groups is 1. The van der Waals surface area contributed by atoms with Crippen LogP contribution in [0.25, 0.3) is 0 Å². The molecule has 0 radical (unpaired) electrons. The number of halogens is 1. The summed E-state index contributed by atoms with van der Waals surface area (Å²) in [7, 11) is 1.91. The average molecular weight is 369 g/mol. The fraction of sp³-hybridized carbons (Fsp3) is 0.600. The number of amides is 1. The van der Waals surface area contributed by atoms with Crippen LogP contribution < -0.4 is 5.32 Å². The minimum atomic E-state index is -0.152. The zero-order chi connectivity index (χ0) is 17.2. The molecule has 0 spiro atoms. The third kappa shape index (κ3) is 4.12. The monoisotopic (exact) mass is 368 g/mol. The Morgan fingerprint density at radius 2 is 2.38 bits per heavy atom. The molecule has 7 nitrogen and oxygen atoms in total. The average Bonchev–Trinajstić information content (AvgIpc) is 3.14. The summed E-state index contributed by atoms with van der Waals surface area (Å²) >= 11 is 7.05. The summed E-state index contributed by atoms with van der Waals surface area (Å²) in [4.78, 5) is 18.6. The van der Waals surface area contributed by atoms with Gasteiger partial charge in [-0.1, -0.05) is 23.7 Å². The van der Waals surface area contributed by atoms with Crippen molar-refractivity contribution in [2.75, 3.05) is 19.6 Å². The van der Waals surface area contributed by atoms with Crippen LogP contribution in [-0.4, -0.2) is 50.4 Å². The van der Waals surface area contributed by atoms with Crippen molar-refractivity contribution in [2.45, 2.75) is 26.3 Å². The van der Waals surface area contributed by atoms with E-state index in [0.717, 1.165) is 38.2 Å². The number of thiazole rings is 1. The number of rotatable bonds is 5. The van der Waals surface area contributed by atoms with E-state index in [0.29, 0.717) is 16.7 Å². The van der Waals surface area contributed by atoms with E-state index in [1.54, 1.807) is 16.3 Å². The van der Waals surface area contributed by atoms with Crippen molar-refractivity contribution in [2.24, 2.45) is 12.5 Å². The van der Waals surface area contributed by atoms with Crippen LogP contribution >= 0.6 is 22.9 Å². The summed E-state index contributed by atoms with van der Waals surface area (Å²) in [5.74, 6) is -0.152. The fourth-order valence-corrected chi connectivity index (χ4v) is 3.98. The highest BCUT2D eigenvalue weighted by atomic mass is 35.5. The largest absolute Gasteiger partial charge is 0.349 e. The normalized spacial score (nSPS) is 21.8. The second kappa shape index (κ2) is 7.16. The summed E-state index contributed by atoms with van der Waals surface area (Å²) in [6.07, 6.45) is 4.01. The van der Waals surface area contributed by atoms with Crippen LogP contribution in [0.4, 0.5) is 0 Å². The summed E-state index contributed by atoms with van der Waals surface area (Å²) in [6.45, 7) is 5.65. The lowest BCUT2D eigenvalue weighted by atomic mass is 9.81. The molecule has 130 valence electrons. The van der Waals surface area contributed by atoms with E-state index in [-0.39, 0.29) is 11.3 Å². The predicted molar refractivity (Wildman–Crippen MR) is 93.1 cm³/mol. The molecule has 0 saturated carbocycles. The van der Waals surface area contributed by atoms with Gasteiger partial charge in [0.1, 0.15) is 5.15 Å². The first-order chi connectivity index (χ1) is 11.5. The first-order valence-corrected chi connectivity index (χ1v) is 9.16. The number of nitrogens with one attached hydrogen (secondary N) is 1. The molecule has 2 aromatic rings. The van der Waals surface area contributed by atoms with Crippen molar-refractivity contribution < 1.29 is 4.79 Å². The first-order valence-electron chi connectivity index (χ1n) is 7.90. The molecule has 1 saturated heterocycles. The third-order valence-electron chi connectivity index (χ3n) is 4.40. The fourth-order valence-electron chi connectivity index (χ4n) is 3.12. The van der Waals surface area contributed by atoms with E-state index < -0.39 is 0 Å². The molecular weight excluding hydrogens is 348 g/mol. The standard InChI is InChI=1S/C15H21ClN6OS/c1-15(9-17-13(23)14-19-12(16)8-24-14)4-3-5-22(10-15)7-11-6-18-20-21(11)2/h6,8H,3-5,7,9-10H2,1-2H3,(H,17,23). The molecule has 1 aliphatic rings. The maximum Gasteiger partial charge on any atom is 0.280 e. The van der Waals surface area contributed by atoms with Crippen LogP contribution in [-0.2, 0) is 13.6 Å². The highest BCUT2D eigenvalue weighted by Gasteiger charge is 2.32. The Labute approximate surface area is 150 Å². The number of aromatic nitrogens is 4. The van der Waals surface area contributed by atoms with Gasteiger partial charge >= 0.3 is 0 Å². The highest BCUT2D eigenvalue weighted by molar-refractivity contribution is 7.12. The van der Waals surface area contributed by atoms with E-state index in [9.17, 15) is 4.79 Å². The summed E-state index contributed by atoms with van der Waals surface area (Å²) in [6, 6.07) is 0. The quantitative estimate of drug-likeness (QED) is 0.873. The van der Waals surface area contributed by atoms with Crippen molar-refractivity contribution >= 4 is 28.8 Å². The molecule has 2 aromatic heterocycles. The Hall–Kier alpha value is -1.51. The molecule has 3 rings (SSSR count). The molecule has 1 fully saturated rings. The summed E-state index contributed by atoms with van der Waals surface area (Å²) < 4.78 is 1.81. The van der Waals surface area contributed by atoms with Crippen LogP contribution in [0.5, 0.6) is 0 Å². The molecule has 1 unspecified atom stereocenters. The van der Waals surface area contributed by atoms with E-state index in [2.05, 4.69) is 32.4 Å². The van der Waals surface area contributed by atoms with E-state index >= 15 is 0 Å². The van der Waals surface area contributed by atoms with Crippen molar-refractivity contribution in [1.29, 1.82) is 0 Å². The van der Waals surface area contributed by atoms with E-state index in [4.69, 9.17) is 11.6 Å². The van der Waals surface area contributed by atoms with Gasteiger partial charge in [0.2, 0.25) is 0 Å². The van der Waals surface area contributed by atoms with Crippen LogP contribution in [0, 0.1) is 5.41 Å². The lowest BCUT2D eigenvalue weighted by molar-refractivity contribution is 0.0797. The van der Waals surface area contributed by atoms with Crippen LogP contribution in [0.1, 0.15) is 35.3 Å². The summed E-state index contributed by atoms with van der Waals surface area (Å²) in [5, 5.41) is 13.4. The number of nitrogens with zero attached hydrogens (tertiary/aromatic N) is 5. The van der Waals surface area contributed by atoms with Gasteiger partial charge in [0.15, 0.2) is 5.01 Å². The zero-order valence-corrected chi connectivity index (χ0v) is 15.4. The molecule has 3 heterocycles. The minimum absolute atomic E-state index is 0.0426. The van der Waals surface area contributed by atoms with Gasteiger partial charge in [-0.3, -0.25) is 14.4 Å². The molecule has 0 bridgehead atoms. The Morgan fingerprint density at radius 1 is 1.54 bits per heavy atom. The van der Waals surface area contributed by atoms with Gasteiger partial charge in [0.25, 0.3) is 5.91 Å². The Bertz CT molecular complexity index is 716. The highest BCUT2D eigenvalue weighted by Crippen LogP contribution is 2.29. The summed E-state index contributed by atoms with van der Waals surface area (Å²) in [5.41, 5.74) is 1.14. The minimum Gasteiger partial charge on any atom is -0.349 e. The molecule has 24 heavy (non-hydrogen) atoms. The smallest absolute Gasteiger partial charge is 0.280 e. The van der Waals surface area contributed by atoms with Gasteiger partial charge in [-0.05, 0) is 24.8 Å². The van der Waals surface area contributed by atoms with Crippen molar-refractivity contribution in [3.8, 4) is 0 Å². The number of carbonyl (C=O) groups excluding carboxylic acids is 1. The Kier molecular flexibility index (Phi) is 5.17. The molecule has 1 atom stereocenters. The molecule has 9 heteroatoms. The Balaban J connectivity index is 1.56. The number of hydrogen-bond acceptors (Lipinski definition) is 6. The van der Waals surface area contributed by atoms with E-state index in [1.807, 2.05) is 7.05 Å². The zero-order valence-electron chi connectivity index (χ0n) is 13.8.